The van der Waals surface area contributed by atoms with E-state index in [2.05, 4.69) is 9.80 Å². The zero-order chi connectivity index (χ0) is 17.1. The van der Waals surface area contributed by atoms with Crippen molar-refractivity contribution in [3.8, 4) is 5.75 Å². The number of para-hydroxylation sites is 2. The maximum Gasteiger partial charge on any atom is 0.337 e. The van der Waals surface area contributed by atoms with E-state index in [0.717, 1.165) is 38.4 Å². The molecule has 1 aromatic carbocycles. The van der Waals surface area contributed by atoms with Gasteiger partial charge in [0, 0.05) is 39.1 Å². The summed E-state index contributed by atoms with van der Waals surface area (Å²) in [7, 11) is 1.40. The number of aromatic hydroxyl groups is 1. The second-order valence-electron chi connectivity index (χ2n) is 6.25. The van der Waals surface area contributed by atoms with E-state index in [-0.39, 0.29) is 12.1 Å². The first-order valence-electron chi connectivity index (χ1n) is 8.28. The minimum Gasteiger partial charge on any atom is -0.506 e. The van der Waals surface area contributed by atoms with E-state index in [4.69, 9.17) is 9.47 Å². The molecule has 1 atom stereocenters. The van der Waals surface area contributed by atoms with Crippen LogP contribution in [0.4, 0.5) is 5.69 Å². The molecule has 0 amide bonds. The summed E-state index contributed by atoms with van der Waals surface area (Å²) in [5, 5.41) is 9.97. The molecule has 0 spiro atoms. The lowest BCUT2D eigenvalue weighted by molar-refractivity contribution is -0.136. The van der Waals surface area contributed by atoms with E-state index in [0.29, 0.717) is 23.5 Å². The first kappa shape index (κ1) is 16.6. The number of rotatable bonds is 4. The van der Waals surface area contributed by atoms with Gasteiger partial charge in [-0.25, -0.2) is 4.79 Å². The summed E-state index contributed by atoms with van der Waals surface area (Å²) in [4.78, 5) is 16.2. The molecular formula is C18H24N2O4. The van der Waals surface area contributed by atoms with Crippen molar-refractivity contribution >= 4 is 11.7 Å². The molecule has 0 aromatic heterocycles. The van der Waals surface area contributed by atoms with Crippen molar-refractivity contribution in [2.24, 2.45) is 0 Å². The fourth-order valence-electron chi connectivity index (χ4n) is 3.38. The highest BCUT2D eigenvalue weighted by Gasteiger charge is 2.30. The highest BCUT2D eigenvalue weighted by atomic mass is 16.5. The highest BCUT2D eigenvalue weighted by Crippen LogP contribution is 2.29. The lowest BCUT2D eigenvalue weighted by Gasteiger charge is -2.37. The van der Waals surface area contributed by atoms with Gasteiger partial charge in [0.1, 0.15) is 17.6 Å². The van der Waals surface area contributed by atoms with Gasteiger partial charge in [0.15, 0.2) is 0 Å². The topological polar surface area (TPSA) is 62.2 Å². The lowest BCUT2D eigenvalue weighted by atomic mass is 10.1. The van der Waals surface area contributed by atoms with Crippen LogP contribution < -0.4 is 4.90 Å². The van der Waals surface area contributed by atoms with Gasteiger partial charge < -0.3 is 19.5 Å². The molecule has 24 heavy (non-hydrogen) atoms. The van der Waals surface area contributed by atoms with Gasteiger partial charge in [-0.1, -0.05) is 12.1 Å². The summed E-state index contributed by atoms with van der Waals surface area (Å²) in [6.45, 7) is 6.15. The summed E-state index contributed by atoms with van der Waals surface area (Å²) in [5.41, 5.74) is 1.54. The number of methoxy groups -OCH3 is 1. The Morgan fingerprint density at radius 2 is 2.00 bits per heavy atom. The number of phenols is 1. The molecular weight excluding hydrogens is 308 g/mol. The van der Waals surface area contributed by atoms with Crippen molar-refractivity contribution in [3.05, 3.63) is 35.6 Å². The zero-order valence-corrected chi connectivity index (χ0v) is 14.2. The van der Waals surface area contributed by atoms with Gasteiger partial charge >= 0.3 is 5.97 Å². The first-order chi connectivity index (χ1) is 11.6. The molecule has 1 fully saturated rings. The fourth-order valence-corrected chi connectivity index (χ4v) is 3.38. The summed E-state index contributed by atoms with van der Waals surface area (Å²) in [6.07, 6.45) is 0.619. The second-order valence-corrected chi connectivity index (χ2v) is 6.25. The van der Waals surface area contributed by atoms with Crippen LogP contribution in [0.25, 0.3) is 0 Å². The molecule has 6 heteroatoms. The summed E-state index contributed by atoms with van der Waals surface area (Å²) >= 11 is 0. The van der Waals surface area contributed by atoms with Crippen molar-refractivity contribution in [2.45, 2.75) is 19.4 Å². The second kappa shape index (κ2) is 7.13. The molecule has 2 aliphatic heterocycles. The van der Waals surface area contributed by atoms with Gasteiger partial charge in [0.2, 0.25) is 0 Å². The number of esters is 1. The van der Waals surface area contributed by atoms with Crippen LogP contribution in [-0.2, 0) is 14.3 Å². The Bertz CT molecular complexity index is 636. The fraction of sp³-hybridized carbons (Fsp3) is 0.500. The quantitative estimate of drug-likeness (QED) is 0.848. The number of benzene rings is 1. The number of carbonyl (C=O) groups excluding carboxylic acids is 1. The SMILES string of the molecule is COC(=O)C1=C(C)OC(CN2CCN(c3ccccc3O)CC2)C1. The predicted octanol–water partition coefficient (Wildman–Crippen LogP) is 1.75. The standard InChI is InChI=1S/C18H24N2O4/c1-13-15(18(22)23-2)11-14(24-13)12-19-7-9-20(10-8-19)16-5-3-4-6-17(16)21/h3-6,14,21H,7-12H2,1-2H3. The molecule has 2 aliphatic rings. The maximum atomic E-state index is 11.7. The Labute approximate surface area is 142 Å². The van der Waals surface area contributed by atoms with Crippen molar-refractivity contribution in [1.82, 2.24) is 4.90 Å². The van der Waals surface area contributed by atoms with E-state index >= 15 is 0 Å². The number of hydrogen-bond acceptors (Lipinski definition) is 6. The van der Waals surface area contributed by atoms with E-state index in [1.54, 1.807) is 6.07 Å². The number of piperazine rings is 1. The third-order valence-electron chi connectivity index (χ3n) is 4.69. The minimum atomic E-state index is -0.292. The summed E-state index contributed by atoms with van der Waals surface area (Å²) < 4.78 is 10.6. The predicted molar refractivity (Wildman–Crippen MR) is 91.0 cm³/mol. The molecule has 0 saturated carbocycles. The maximum absolute atomic E-state index is 11.7. The van der Waals surface area contributed by atoms with Crippen molar-refractivity contribution in [1.29, 1.82) is 0 Å². The average molecular weight is 332 g/mol. The molecule has 1 N–H and O–H groups in total. The molecule has 1 aromatic rings. The van der Waals surface area contributed by atoms with E-state index < -0.39 is 0 Å². The molecule has 0 radical (unpaired) electrons. The summed E-state index contributed by atoms with van der Waals surface area (Å²) in [5.74, 6) is 0.715. The zero-order valence-electron chi connectivity index (χ0n) is 14.2. The van der Waals surface area contributed by atoms with Crippen LogP contribution in [0.5, 0.6) is 5.75 Å². The van der Waals surface area contributed by atoms with E-state index in [1.807, 2.05) is 25.1 Å². The molecule has 0 aliphatic carbocycles. The van der Waals surface area contributed by atoms with Crippen molar-refractivity contribution in [3.63, 3.8) is 0 Å². The van der Waals surface area contributed by atoms with Crippen LogP contribution in [0.15, 0.2) is 35.6 Å². The minimum absolute atomic E-state index is 0.00998. The van der Waals surface area contributed by atoms with Gasteiger partial charge in [-0.05, 0) is 19.1 Å². The Hall–Kier alpha value is -2.21. The number of carbonyl (C=O) groups is 1. The molecule has 2 heterocycles. The number of hydrogen-bond donors (Lipinski definition) is 1. The third kappa shape index (κ3) is 3.48. The van der Waals surface area contributed by atoms with Crippen LogP contribution >= 0.6 is 0 Å². The number of allylic oxidation sites excluding steroid dienone is 1. The van der Waals surface area contributed by atoms with E-state index in [1.165, 1.54) is 7.11 Å². The largest absolute Gasteiger partial charge is 0.506 e. The van der Waals surface area contributed by atoms with Gasteiger partial charge in [-0.15, -0.1) is 0 Å². The van der Waals surface area contributed by atoms with Gasteiger partial charge in [-0.2, -0.15) is 0 Å². The van der Waals surface area contributed by atoms with Crippen molar-refractivity contribution < 1.29 is 19.4 Å². The first-order valence-corrected chi connectivity index (χ1v) is 8.28. The molecule has 1 unspecified atom stereocenters. The third-order valence-corrected chi connectivity index (χ3v) is 4.69. The summed E-state index contributed by atoms with van der Waals surface area (Å²) in [6, 6.07) is 7.44. The average Bonchev–Trinajstić information content (AvgIpc) is 2.96. The van der Waals surface area contributed by atoms with Gasteiger partial charge in [0.05, 0.1) is 18.4 Å². The highest BCUT2D eigenvalue weighted by molar-refractivity contribution is 5.89. The number of ether oxygens (including phenoxy) is 2. The molecule has 0 bridgehead atoms. The van der Waals surface area contributed by atoms with Crippen LogP contribution in [0.3, 0.4) is 0 Å². The molecule has 6 nitrogen and oxygen atoms in total. The van der Waals surface area contributed by atoms with Gasteiger partial charge in [0.25, 0.3) is 0 Å². The number of phenolic OH excluding ortho intramolecular Hbond substituents is 1. The van der Waals surface area contributed by atoms with Crippen LogP contribution in [-0.4, -0.2) is 61.9 Å². The normalized spacial score (nSPS) is 21.8. The smallest absolute Gasteiger partial charge is 0.337 e. The molecule has 1 saturated heterocycles. The molecule has 130 valence electrons. The van der Waals surface area contributed by atoms with E-state index in [9.17, 15) is 9.90 Å². The van der Waals surface area contributed by atoms with Crippen molar-refractivity contribution in [2.75, 3.05) is 44.7 Å². The Morgan fingerprint density at radius 1 is 1.29 bits per heavy atom. The Balaban J connectivity index is 1.50. The molecule has 3 rings (SSSR count). The number of nitrogens with zero attached hydrogens (tertiary/aromatic N) is 2. The van der Waals surface area contributed by atoms with Gasteiger partial charge in [-0.3, -0.25) is 4.90 Å². The van der Waals surface area contributed by atoms with Crippen LogP contribution in [0, 0.1) is 0 Å². The number of anilines is 1. The lowest BCUT2D eigenvalue weighted by Crippen LogP contribution is -2.48. The van der Waals surface area contributed by atoms with Crippen LogP contribution in [0.2, 0.25) is 0 Å². The monoisotopic (exact) mass is 332 g/mol. The Kier molecular flexibility index (Phi) is 4.94. The van der Waals surface area contributed by atoms with Crippen LogP contribution in [0.1, 0.15) is 13.3 Å². The Morgan fingerprint density at radius 3 is 2.67 bits per heavy atom.